The molecule has 2 N–H and O–H groups in total. The predicted octanol–water partition coefficient (Wildman–Crippen LogP) is 4.00. The van der Waals surface area contributed by atoms with Crippen LogP contribution in [0.1, 0.15) is 39.0 Å². The minimum Gasteiger partial charge on any atom is -0.390 e. The van der Waals surface area contributed by atoms with Gasteiger partial charge in [-0.25, -0.2) is 4.39 Å². The zero-order chi connectivity index (χ0) is 18.8. The summed E-state index contributed by atoms with van der Waals surface area (Å²) in [6.07, 6.45) is -0.272. The molecule has 0 saturated heterocycles. The van der Waals surface area contributed by atoms with Crippen LogP contribution < -0.4 is 5.32 Å². The number of rotatable bonds is 4. The molecule has 1 aliphatic rings. The Hall–Kier alpha value is -2.98. The van der Waals surface area contributed by atoms with Crippen LogP contribution in [0.2, 0.25) is 0 Å². The third-order valence-corrected chi connectivity index (χ3v) is 5.15. The van der Waals surface area contributed by atoms with Crippen LogP contribution in [-0.4, -0.2) is 17.1 Å². The lowest BCUT2D eigenvalue weighted by molar-refractivity contribution is 0.0813. The molecule has 1 amide bonds. The number of benzene rings is 3. The number of hydrogen-bond acceptors (Lipinski definition) is 2. The third-order valence-electron chi connectivity index (χ3n) is 5.15. The smallest absolute Gasteiger partial charge is 0.251 e. The first-order valence-corrected chi connectivity index (χ1v) is 9.01. The maximum absolute atomic E-state index is 13.6. The summed E-state index contributed by atoms with van der Waals surface area (Å²) < 4.78 is 13.6. The van der Waals surface area contributed by atoms with Crippen molar-refractivity contribution in [3.8, 4) is 0 Å². The van der Waals surface area contributed by atoms with Gasteiger partial charge < -0.3 is 10.4 Å². The van der Waals surface area contributed by atoms with Gasteiger partial charge in [0.1, 0.15) is 5.82 Å². The van der Waals surface area contributed by atoms with Gasteiger partial charge in [-0.15, -0.1) is 0 Å². The van der Waals surface area contributed by atoms with E-state index in [9.17, 15) is 14.3 Å². The number of carbonyl (C=O) groups excluding carboxylic acids is 1. The number of nitrogens with one attached hydrogen (secondary N) is 1. The van der Waals surface area contributed by atoms with Crippen molar-refractivity contribution in [2.75, 3.05) is 0 Å². The molecule has 4 heteroatoms. The van der Waals surface area contributed by atoms with Gasteiger partial charge in [0.25, 0.3) is 5.91 Å². The second kappa shape index (κ2) is 7.33. The van der Waals surface area contributed by atoms with Gasteiger partial charge >= 0.3 is 0 Å². The number of aliphatic hydroxyl groups excluding tert-OH is 1. The van der Waals surface area contributed by atoms with Crippen LogP contribution in [0, 0.1) is 5.82 Å². The minimum atomic E-state index is -0.779. The number of carbonyl (C=O) groups is 1. The Morgan fingerprint density at radius 1 is 0.926 bits per heavy atom. The van der Waals surface area contributed by atoms with Crippen molar-refractivity contribution >= 4 is 5.91 Å². The van der Waals surface area contributed by atoms with Gasteiger partial charge in [-0.1, -0.05) is 54.6 Å². The summed E-state index contributed by atoms with van der Waals surface area (Å²) in [5.74, 6) is -0.716. The van der Waals surface area contributed by atoms with E-state index in [1.807, 2.05) is 36.4 Å². The Kier molecular flexibility index (Phi) is 4.73. The summed E-state index contributed by atoms with van der Waals surface area (Å²) in [6, 6.07) is 22.6. The fourth-order valence-corrected chi connectivity index (χ4v) is 3.86. The van der Waals surface area contributed by atoms with Gasteiger partial charge in [0, 0.05) is 11.5 Å². The Morgan fingerprint density at radius 3 is 2.37 bits per heavy atom. The molecule has 0 aromatic heterocycles. The molecule has 0 spiro atoms. The molecule has 3 aromatic carbocycles. The molecular formula is C23H20FNO2. The van der Waals surface area contributed by atoms with Crippen LogP contribution in [0.4, 0.5) is 4.39 Å². The molecule has 0 radical (unpaired) electrons. The minimum absolute atomic E-state index is 0.205. The Bertz CT molecular complexity index is 957. The van der Waals surface area contributed by atoms with E-state index in [4.69, 9.17) is 0 Å². The molecule has 3 aromatic rings. The topological polar surface area (TPSA) is 49.3 Å². The van der Waals surface area contributed by atoms with Crippen molar-refractivity contribution in [3.63, 3.8) is 0 Å². The van der Waals surface area contributed by atoms with Gasteiger partial charge in [0.15, 0.2) is 0 Å². The van der Waals surface area contributed by atoms with Crippen molar-refractivity contribution < 1.29 is 14.3 Å². The summed E-state index contributed by atoms with van der Waals surface area (Å²) in [6.45, 7) is 0. The summed E-state index contributed by atoms with van der Waals surface area (Å²) >= 11 is 0. The summed E-state index contributed by atoms with van der Waals surface area (Å²) in [5, 5.41) is 14.0. The molecule has 0 aliphatic heterocycles. The maximum Gasteiger partial charge on any atom is 0.251 e. The largest absolute Gasteiger partial charge is 0.390 e. The molecular weight excluding hydrogens is 341 g/mol. The van der Waals surface area contributed by atoms with Crippen LogP contribution in [0.25, 0.3) is 0 Å². The molecule has 3 nitrogen and oxygen atoms in total. The first-order valence-electron chi connectivity index (χ1n) is 9.01. The Morgan fingerprint density at radius 2 is 1.63 bits per heavy atom. The lowest BCUT2D eigenvalue weighted by Crippen LogP contribution is -2.35. The van der Waals surface area contributed by atoms with E-state index in [1.165, 1.54) is 12.1 Å². The van der Waals surface area contributed by atoms with Crippen molar-refractivity contribution in [2.24, 2.45) is 0 Å². The van der Waals surface area contributed by atoms with E-state index >= 15 is 0 Å². The zero-order valence-corrected chi connectivity index (χ0v) is 14.7. The first kappa shape index (κ1) is 17.4. The quantitative estimate of drug-likeness (QED) is 0.738. The molecule has 1 aliphatic carbocycles. The van der Waals surface area contributed by atoms with Crippen molar-refractivity contribution in [2.45, 2.75) is 24.5 Å². The average Bonchev–Trinajstić information content (AvgIpc) is 2.95. The molecule has 136 valence electrons. The molecule has 0 fully saturated rings. The van der Waals surface area contributed by atoms with E-state index in [0.717, 1.165) is 16.7 Å². The number of fused-ring (bicyclic) bond motifs is 1. The third kappa shape index (κ3) is 3.49. The van der Waals surface area contributed by atoms with E-state index in [1.54, 1.807) is 30.3 Å². The Balaban J connectivity index is 1.61. The van der Waals surface area contributed by atoms with Crippen LogP contribution in [0.5, 0.6) is 0 Å². The standard InChI is InChI=1S/C23H20FNO2/c24-17-10-6-7-15(13-17)14-20-18-11-4-5-12-19(18)21(22(20)26)25-23(27)16-8-2-1-3-9-16/h1-13,20-22,26H,14H2,(H,25,27)/t20-,21+,22?/m0/s1. The lowest BCUT2D eigenvalue weighted by Gasteiger charge is -2.22. The second-order valence-electron chi connectivity index (χ2n) is 6.88. The highest BCUT2D eigenvalue weighted by Gasteiger charge is 2.40. The highest BCUT2D eigenvalue weighted by atomic mass is 19.1. The van der Waals surface area contributed by atoms with E-state index in [-0.39, 0.29) is 17.6 Å². The zero-order valence-electron chi connectivity index (χ0n) is 14.7. The summed E-state index contributed by atoms with van der Waals surface area (Å²) in [5.41, 5.74) is 3.28. The first-order chi connectivity index (χ1) is 13.1. The van der Waals surface area contributed by atoms with Crippen molar-refractivity contribution in [3.05, 3.63) is 107 Å². The van der Waals surface area contributed by atoms with Crippen molar-refractivity contribution in [1.29, 1.82) is 0 Å². The van der Waals surface area contributed by atoms with Crippen LogP contribution in [0.3, 0.4) is 0 Å². The summed E-state index contributed by atoms with van der Waals surface area (Å²) in [7, 11) is 0. The van der Waals surface area contributed by atoms with Crippen molar-refractivity contribution in [1.82, 2.24) is 5.32 Å². The molecule has 0 heterocycles. The molecule has 4 rings (SSSR count). The highest BCUT2D eigenvalue weighted by Crippen LogP contribution is 2.42. The molecule has 3 atom stereocenters. The number of amides is 1. The van der Waals surface area contributed by atoms with Crippen LogP contribution in [-0.2, 0) is 6.42 Å². The highest BCUT2D eigenvalue weighted by molar-refractivity contribution is 5.94. The average molecular weight is 361 g/mol. The van der Waals surface area contributed by atoms with Crippen LogP contribution in [0.15, 0.2) is 78.9 Å². The fraction of sp³-hybridized carbons (Fsp3) is 0.174. The Labute approximate surface area is 157 Å². The predicted molar refractivity (Wildman–Crippen MR) is 102 cm³/mol. The lowest BCUT2D eigenvalue weighted by atomic mass is 9.92. The van der Waals surface area contributed by atoms with Gasteiger partial charge in [0.2, 0.25) is 0 Å². The van der Waals surface area contributed by atoms with E-state index in [2.05, 4.69) is 5.32 Å². The number of aliphatic hydroxyl groups is 1. The molecule has 27 heavy (non-hydrogen) atoms. The number of halogens is 1. The maximum atomic E-state index is 13.6. The SMILES string of the molecule is O=C(N[C@@H]1c2ccccc2[C@H](Cc2cccc(F)c2)C1O)c1ccccc1. The molecule has 1 unspecified atom stereocenters. The van der Waals surface area contributed by atoms with Gasteiger partial charge in [0.05, 0.1) is 12.1 Å². The summed E-state index contributed by atoms with van der Waals surface area (Å²) in [4.78, 5) is 12.6. The molecule has 0 bridgehead atoms. The van der Waals surface area contributed by atoms with Gasteiger partial charge in [-0.3, -0.25) is 4.79 Å². The number of hydrogen-bond donors (Lipinski definition) is 2. The van der Waals surface area contributed by atoms with Gasteiger partial charge in [-0.2, -0.15) is 0 Å². The van der Waals surface area contributed by atoms with Gasteiger partial charge in [-0.05, 0) is 47.4 Å². The normalized spacial score (nSPS) is 20.9. The van der Waals surface area contributed by atoms with E-state index in [0.29, 0.717) is 12.0 Å². The second-order valence-corrected chi connectivity index (χ2v) is 6.88. The molecule has 0 saturated carbocycles. The fourth-order valence-electron chi connectivity index (χ4n) is 3.86. The van der Waals surface area contributed by atoms with E-state index < -0.39 is 12.1 Å². The van der Waals surface area contributed by atoms with Crippen LogP contribution >= 0.6 is 0 Å². The monoisotopic (exact) mass is 361 g/mol.